The minimum atomic E-state index is -0.194. The van der Waals surface area contributed by atoms with E-state index in [2.05, 4.69) is 173 Å². The smallest absolute Gasteiger partial charge is 0.145 e. The standard InChI is InChI=1S/C43H32N4/c1-2-10-32(11-3-1)43-45-39(30-20-18-29(19-21-30)38-28-44-27-33-12-4-5-13-35(33)38)26-40(46-43)31-22-24-34(25-23-31)47-41-16-8-6-14-36(41)37-15-7-9-17-42(37)47/h1-26,28,43-45H,27H2. The van der Waals surface area contributed by atoms with Crippen LogP contribution in [0.1, 0.15) is 39.5 Å². The van der Waals surface area contributed by atoms with Crippen LogP contribution in [0.5, 0.6) is 0 Å². The summed E-state index contributed by atoms with van der Waals surface area (Å²) in [5, 5.41) is 9.69. The summed E-state index contributed by atoms with van der Waals surface area (Å²) >= 11 is 0. The van der Waals surface area contributed by atoms with Gasteiger partial charge in [0.15, 0.2) is 0 Å². The number of benzene rings is 6. The molecule has 2 N–H and O–H groups in total. The molecule has 0 radical (unpaired) electrons. The number of aromatic nitrogens is 1. The van der Waals surface area contributed by atoms with Gasteiger partial charge in [0.05, 0.1) is 16.7 Å². The van der Waals surface area contributed by atoms with Crippen molar-refractivity contribution in [2.45, 2.75) is 12.7 Å². The second kappa shape index (κ2) is 11.3. The fourth-order valence-electron chi connectivity index (χ4n) is 6.98. The van der Waals surface area contributed by atoms with Gasteiger partial charge in [-0.25, -0.2) is 0 Å². The lowest BCUT2D eigenvalue weighted by molar-refractivity contribution is 0.664. The summed E-state index contributed by atoms with van der Waals surface area (Å²) in [6.07, 6.45) is 4.12. The summed E-state index contributed by atoms with van der Waals surface area (Å²) in [5.74, 6) is 0. The third kappa shape index (κ3) is 4.82. The minimum absolute atomic E-state index is 0.194. The second-order valence-electron chi connectivity index (χ2n) is 12.1. The third-order valence-corrected chi connectivity index (χ3v) is 9.31. The highest BCUT2D eigenvalue weighted by atomic mass is 15.1. The van der Waals surface area contributed by atoms with E-state index in [-0.39, 0.29) is 6.17 Å². The van der Waals surface area contributed by atoms with Gasteiger partial charge in [0, 0.05) is 40.5 Å². The maximum absolute atomic E-state index is 5.21. The van der Waals surface area contributed by atoms with E-state index in [4.69, 9.17) is 4.99 Å². The Labute approximate surface area is 274 Å². The van der Waals surface area contributed by atoms with Crippen LogP contribution >= 0.6 is 0 Å². The molecule has 3 heterocycles. The Morgan fingerprint density at radius 3 is 1.94 bits per heavy atom. The van der Waals surface area contributed by atoms with Crippen molar-refractivity contribution in [2.24, 2.45) is 4.99 Å². The fraction of sp³-hybridized carbons (Fsp3) is 0.0465. The number of nitrogens with zero attached hydrogens (tertiary/aromatic N) is 2. The van der Waals surface area contributed by atoms with Gasteiger partial charge in [0.2, 0.25) is 0 Å². The highest BCUT2D eigenvalue weighted by Crippen LogP contribution is 2.33. The van der Waals surface area contributed by atoms with E-state index in [9.17, 15) is 0 Å². The van der Waals surface area contributed by atoms with Crippen LogP contribution < -0.4 is 10.6 Å². The third-order valence-electron chi connectivity index (χ3n) is 9.31. The molecule has 47 heavy (non-hydrogen) atoms. The number of fused-ring (bicyclic) bond motifs is 4. The van der Waals surface area contributed by atoms with Gasteiger partial charge < -0.3 is 15.2 Å². The Bertz CT molecular complexity index is 2300. The lowest BCUT2D eigenvalue weighted by Gasteiger charge is -2.25. The Kier molecular flexibility index (Phi) is 6.57. The van der Waals surface area contributed by atoms with Gasteiger partial charge in [-0.15, -0.1) is 0 Å². The number of allylic oxidation sites excluding steroid dienone is 1. The molecule has 0 fully saturated rings. The maximum Gasteiger partial charge on any atom is 0.145 e. The van der Waals surface area contributed by atoms with E-state index in [1.54, 1.807) is 0 Å². The van der Waals surface area contributed by atoms with Gasteiger partial charge in [0.25, 0.3) is 0 Å². The minimum Gasteiger partial charge on any atom is -0.386 e. The molecule has 1 aromatic heterocycles. The van der Waals surface area contributed by atoms with Crippen molar-refractivity contribution in [3.05, 3.63) is 197 Å². The zero-order valence-electron chi connectivity index (χ0n) is 25.8. The van der Waals surface area contributed by atoms with Crippen molar-refractivity contribution in [3.8, 4) is 5.69 Å². The molecule has 4 heteroatoms. The van der Waals surface area contributed by atoms with Crippen molar-refractivity contribution >= 4 is 38.8 Å². The molecule has 1 unspecified atom stereocenters. The zero-order valence-corrected chi connectivity index (χ0v) is 25.8. The van der Waals surface area contributed by atoms with Crippen LogP contribution in [0.2, 0.25) is 0 Å². The molecule has 0 amide bonds. The van der Waals surface area contributed by atoms with Gasteiger partial charge >= 0.3 is 0 Å². The summed E-state index contributed by atoms with van der Waals surface area (Å²) in [4.78, 5) is 5.21. The largest absolute Gasteiger partial charge is 0.386 e. The predicted octanol–water partition coefficient (Wildman–Crippen LogP) is 9.41. The summed E-state index contributed by atoms with van der Waals surface area (Å²) in [7, 11) is 0. The normalized spacial score (nSPS) is 15.7. The molecule has 6 aromatic carbocycles. The first-order valence-electron chi connectivity index (χ1n) is 16.1. The zero-order chi connectivity index (χ0) is 31.2. The molecule has 0 aliphatic carbocycles. The predicted molar refractivity (Wildman–Crippen MR) is 194 cm³/mol. The van der Waals surface area contributed by atoms with E-state index in [0.29, 0.717) is 0 Å². The van der Waals surface area contributed by atoms with Crippen LogP contribution in [0.4, 0.5) is 0 Å². The van der Waals surface area contributed by atoms with E-state index >= 15 is 0 Å². The number of hydrogen-bond acceptors (Lipinski definition) is 3. The highest BCUT2D eigenvalue weighted by Gasteiger charge is 2.21. The monoisotopic (exact) mass is 604 g/mol. The van der Waals surface area contributed by atoms with Gasteiger partial charge in [0.1, 0.15) is 6.17 Å². The van der Waals surface area contributed by atoms with Crippen LogP contribution in [-0.2, 0) is 6.54 Å². The van der Waals surface area contributed by atoms with Crippen LogP contribution in [0, 0.1) is 0 Å². The molecule has 0 bridgehead atoms. The van der Waals surface area contributed by atoms with Crippen LogP contribution in [0.15, 0.2) is 169 Å². The van der Waals surface area contributed by atoms with Crippen molar-refractivity contribution in [3.63, 3.8) is 0 Å². The first-order chi connectivity index (χ1) is 23.3. The molecule has 1 atom stereocenters. The lowest BCUT2D eigenvalue weighted by Crippen LogP contribution is -2.24. The molecular weight excluding hydrogens is 573 g/mol. The van der Waals surface area contributed by atoms with E-state index in [1.165, 1.54) is 44.1 Å². The Hall–Kier alpha value is -6.13. The van der Waals surface area contributed by atoms with Crippen LogP contribution in [0.25, 0.3) is 38.8 Å². The Balaban J connectivity index is 1.08. The van der Waals surface area contributed by atoms with E-state index in [0.717, 1.165) is 40.3 Å². The summed E-state index contributed by atoms with van der Waals surface area (Å²) in [5.41, 5.74) is 13.9. The molecule has 0 saturated carbocycles. The summed E-state index contributed by atoms with van der Waals surface area (Å²) in [6.45, 7) is 0.858. The number of nitrogens with one attached hydrogen (secondary N) is 2. The summed E-state index contributed by atoms with van der Waals surface area (Å²) < 4.78 is 2.35. The molecule has 224 valence electrons. The maximum atomic E-state index is 5.21. The molecule has 0 spiro atoms. The topological polar surface area (TPSA) is 41.4 Å². The van der Waals surface area contributed by atoms with E-state index < -0.39 is 0 Å². The Morgan fingerprint density at radius 1 is 0.574 bits per heavy atom. The fourth-order valence-corrected chi connectivity index (χ4v) is 6.98. The van der Waals surface area contributed by atoms with Crippen LogP contribution in [0.3, 0.4) is 0 Å². The van der Waals surface area contributed by atoms with Crippen LogP contribution in [-0.4, -0.2) is 10.3 Å². The van der Waals surface area contributed by atoms with Crippen molar-refractivity contribution in [2.75, 3.05) is 0 Å². The lowest BCUT2D eigenvalue weighted by atomic mass is 9.91. The average molecular weight is 605 g/mol. The van der Waals surface area contributed by atoms with Crippen molar-refractivity contribution < 1.29 is 0 Å². The average Bonchev–Trinajstić information content (AvgIpc) is 3.49. The highest BCUT2D eigenvalue weighted by molar-refractivity contribution is 6.13. The molecule has 0 saturated heterocycles. The quantitative estimate of drug-likeness (QED) is 0.206. The summed E-state index contributed by atoms with van der Waals surface area (Å²) in [6, 6.07) is 54.0. The van der Waals surface area contributed by atoms with Crippen molar-refractivity contribution in [1.29, 1.82) is 0 Å². The first kappa shape index (κ1) is 27.2. The number of rotatable bonds is 5. The molecule has 2 aliphatic rings. The van der Waals surface area contributed by atoms with E-state index in [1.807, 2.05) is 6.07 Å². The van der Waals surface area contributed by atoms with Gasteiger partial charge in [-0.3, -0.25) is 4.99 Å². The van der Waals surface area contributed by atoms with Gasteiger partial charge in [-0.1, -0.05) is 127 Å². The molecule has 4 nitrogen and oxygen atoms in total. The molecule has 2 aliphatic heterocycles. The molecule has 7 aromatic rings. The Morgan fingerprint density at radius 2 is 1.19 bits per heavy atom. The molecular formula is C43H32N4. The SMILES string of the molecule is C1=C(c2ccc(C3=CNCc4ccccc43)cc2)NC(c2ccccc2)N=C1c1ccc(-n2c3ccccc3c3ccccc32)cc1. The second-order valence-corrected chi connectivity index (χ2v) is 12.1. The number of hydrogen-bond donors (Lipinski definition) is 2. The first-order valence-corrected chi connectivity index (χ1v) is 16.1. The number of aliphatic imine (C=N–C) groups is 1. The van der Waals surface area contributed by atoms with Gasteiger partial charge in [-0.2, -0.15) is 0 Å². The van der Waals surface area contributed by atoms with Crippen molar-refractivity contribution in [1.82, 2.24) is 15.2 Å². The molecule has 9 rings (SSSR count). The van der Waals surface area contributed by atoms with Gasteiger partial charge in [-0.05, 0) is 63.7 Å². The number of para-hydroxylation sites is 2.